The Labute approximate surface area is 150 Å². The van der Waals surface area contributed by atoms with Crippen LogP contribution in [0.5, 0.6) is 5.75 Å². The van der Waals surface area contributed by atoms with Crippen LogP contribution in [0.2, 0.25) is 0 Å². The van der Waals surface area contributed by atoms with Crippen molar-refractivity contribution in [2.24, 2.45) is 0 Å². The fraction of sp³-hybridized carbons (Fsp3) is 0.409. The smallest absolute Gasteiger partial charge is 0.258 e. The van der Waals surface area contributed by atoms with Gasteiger partial charge in [-0.15, -0.1) is 0 Å². The molecule has 0 aromatic heterocycles. The molecule has 25 heavy (non-hydrogen) atoms. The normalized spacial score (nSPS) is 16.4. The maximum Gasteiger partial charge on any atom is 0.258 e. The van der Waals surface area contributed by atoms with E-state index in [9.17, 15) is 4.79 Å². The summed E-state index contributed by atoms with van der Waals surface area (Å²) in [7, 11) is 0. The van der Waals surface area contributed by atoms with Crippen molar-refractivity contribution in [2.75, 3.05) is 6.61 Å². The molecular weight excluding hydrogens is 310 g/mol. The van der Waals surface area contributed by atoms with Crippen LogP contribution < -0.4 is 10.1 Å². The van der Waals surface area contributed by atoms with Gasteiger partial charge in [-0.3, -0.25) is 4.79 Å². The highest BCUT2D eigenvalue weighted by Gasteiger charge is 2.21. The summed E-state index contributed by atoms with van der Waals surface area (Å²) in [5.41, 5.74) is 4.88. The number of rotatable bonds is 5. The lowest BCUT2D eigenvalue weighted by atomic mass is 9.88. The van der Waals surface area contributed by atoms with Crippen LogP contribution >= 0.6 is 0 Å². The minimum atomic E-state index is -0.0575. The van der Waals surface area contributed by atoms with Crippen LogP contribution in [0.25, 0.3) is 0 Å². The molecule has 0 fully saturated rings. The first-order chi connectivity index (χ1) is 12.0. The fourth-order valence-corrected chi connectivity index (χ4v) is 3.53. The highest BCUT2D eigenvalue weighted by molar-refractivity contribution is 5.78. The van der Waals surface area contributed by atoms with Crippen LogP contribution in [0, 0.1) is 6.92 Å². The van der Waals surface area contributed by atoms with Gasteiger partial charge in [-0.05, 0) is 60.4 Å². The second-order valence-corrected chi connectivity index (χ2v) is 7.20. The molecule has 1 amide bonds. The summed E-state index contributed by atoms with van der Waals surface area (Å²) in [6, 6.07) is 14.7. The van der Waals surface area contributed by atoms with E-state index in [2.05, 4.69) is 49.5 Å². The average molecular weight is 337 g/mol. The monoisotopic (exact) mass is 337 g/mol. The van der Waals surface area contributed by atoms with Gasteiger partial charge >= 0.3 is 0 Å². The topological polar surface area (TPSA) is 38.3 Å². The van der Waals surface area contributed by atoms with E-state index in [4.69, 9.17) is 4.74 Å². The lowest BCUT2D eigenvalue weighted by molar-refractivity contribution is -0.124. The van der Waals surface area contributed by atoms with Gasteiger partial charge in [0.15, 0.2) is 6.61 Å². The fourth-order valence-electron chi connectivity index (χ4n) is 3.53. The van der Waals surface area contributed by atoms with Crippen molar-refractivity contribution < 1.29 is 9.53 Å². The van der Waals surface area contributed by atoms with Gasteiger partial charge in [-0.25, -0.2) is 0 Å². The van der Waals surface area contributed by atoms with E-state index >= 15 is 0 Å². The minimum Gasteiger partial charge on any atom is -0.483 e. The molecule has 0 saturated heterocycles. The van der Waals surface area contributed by atoms with Gasteiger partial charge in [-0.2, -0.15) is 0 Å². The SMILES string of the molecule is Cc1ccc(C(C)C)c(OCC(=O)N[C@H]2CCCc3ccccc32)c1. The second-order valence-electron chi connectivity index (χ2n) is 7.20. The Morgan fingerprint density at radius 1 is 1.24 bits per heavy atom. The largest absolute Gasteiger partial charge is 0.483 e. The molecule has 0 unspecified atom stereocenters. The number of hydrogen-bond acceptors (Lipinski definition) is 2. The molecule has 0 spiro atoms. The van der Waals surface area contributed by atoms with E-state index in [1.807, 2.05) is 19.1 Å². The van der Waals surface area contributed by atoms with Gasteiger partial charge in [0.2, 0.25) is 0 Å². The van der Waals surface area contributed by atoms with E-state index in [0.29, 0.717) is 5.92 Å². The van der Waals surface area contributed by atoms with Crippen LogP contribution in [0.4, 0.5) is 0 Å². The summed E-state index contributed by atoms with van der Waals surface area (Å²) in [5, 5.41) is 3.14. The maximum absolute atomic E-state index is 12.4. The summed E-state index contributed by atoms with van der Waals surface area (Å²) >= 11 is 0. The Morgan fingerprint density at radius 2 is 2.04 bits per heavy atom. The molecule has 0 heterocycles. The van der Waals surface area contributed by atoms with Crippen LogP contribution in [0.3, 0.4) is 0 Å². The van der Waals surface area contributed by atoms with Gasteiger partial charge in [0.05, 0.1) is 6.04 Å². The lowest BCUT2D eigenvalue weighted by Gasteiger charge is -2.26. The van der Waals surface area contributed by atoms with Gasteiger partial charge in [0, 0.05) is 0 Å². The molecule has 3 heteroatoms. The van der Waals surface area contributed by atoms with Crippen molar-refractivity contribution >= 4 is 5.91 Å². The third-order valence-electron chi connectivity index (χ3n) is 4.85. The van der Waals surface area contributed by atoms with Crippen molar-refractivity contribution in [2.45, 2.75) is 52.0 Å². The van der Waals surface area contributed by atoms with Gasteiger partial charge < -0.3 is 10.1 Å². The first kappa shape index (κ1) is 17.5. The molecule has 1 atom stereocenters. The molecule has 132 valence electrons. The molecule has 1 aliphatic rings. The number of benzene rings is 2. The predicted molar refractivity (Wildman–Crippen MR) is 101 cm³/mol. The second kappa shape index (κ2) is 7.73. The van der Waals surface area contributed by atoms with Crippen molar-refractivity contribution in [3.63, 3.8) is 0 Å². The third-order valence-corrected chi connectivity index (χ3v) is 4.85. The number of nitrogens with one attached hydrogen (secondary N) is 1. The summed E-state index contributed by atoms with van der Waals surface area (Å²) in [4.78, 5) is 12.4. The number of aryl methyl sites for hydroxylation is 2. The molecule has 0 radical (unpaired) electrons. The van der Waals surface area contributed by atoms with Gasteiger partial charge in [0.25, 0.3) is 5.91 Å². The molecule has 0 saturated carbocycles. The molecular formula is C22H27NO2. The van der Waals surface area contributed by atoms with Crippen LogP contribution in [-0.4, -0.2) is 12.5 Å². The maximum atomic E-state index is 12.4. The standard InChI is InChI=1S/C22H27NO2/c1-15(2)18-12-11-16(3)13-21(18)25-14-22(24)23-20-10-6-8-17-7-4-5-9-19(17)20/h4-5,7,9,11-13,15,20H,6,8,10,14H2,1-3H3,(H,23,24)/t20-/m0/s1. The lowest BCUT2D eigenvalue weighted by Crippen LogP contribution is -2.34. The van der Waals surface area contributed by atoms with Crippen LogP contribution in [-0.2, 0) is 11.2 Å². The highest BCUT2D eigenvalue weighted by atomic mass is 16.5. The third kappa shape index (κ3) is 4.22. The number of carbonyl (C=O) groups excluding carboxylic acids is 1. The summed E-state index contributed by atoms with van der Waals surface area (Å²) in [6.07, 6.45) is 3.20. The van der Waals surface area contributed by atoms with Crippen molar-refractivity contribution in [1.82, 2.24) is 5.32 Å². The average Bonchev–Trinajstić information content (AvgIpc) is 2.60. The zero-order valence-corrected chi connectivity index (χ0v) is 15.3. The molecule has 3 rings (SSSR count). The number of carbonyl (C=O) groups is 1. The Morgan fingerprint density at radius 3 is 2.84 bits per heavy atom. The molecule has 2 aromatic carbocycles. The van der Waals surface area contributed by atoms with Gasteiger partial charge in [-0.1, -0.05) is 50.2 Å². The molecule has 1 aliphatic carbocycles. The Kier molecular flexibility index (Phi) is 5.42. The first-order valence-electron chi connectivity index (χ1n) is 9.15. The number of hydrogen-bond donors (Lipinski definition) is 1. The van der Waals surface area contributed by atoms with Crippen LogP contribution in [0.15, 0.2) is 42.5 Å². The van der Waals surface area contributed by atoms with Crippen molar-refractivity contribution in [3.8, 4) is 5.75 Å². The summed E-state index contributed by atoms with van der Waals surface area (Å²) in [6.45, 7) is 6.37. The van der Waals surface area contributed by atoms with Crippen molar-refractivity contribution in [3.05, 3.63) is 64.7 Å². The van der Waals surface area contributed by atoms with Gasteiger partial charge in [0.1, 0.15) is 5.75 Å². The highest BCUT2D eigenvalue weighted by Crippen LogP contribution is 2.30. The van der Waals surface area contributed by atoms with E-state index in [-0.39, 0.29) is 18.6 Å². The summed E-state index contributed by atoms with van der Waals surface area (Å²) in [5.74, 6) is 1.12. The minimum absolute atomic E-state index is 0.0574. The predicted octanol–water partition coefficient (Wildman–Crippen LogP) is 4.69. The number of amides is 1. The Balaban J connectivity index is 1.64. The molecule has 0 aliphatic heterocycles. The Hall–Kier alpha value is -2.29. The molecule has 0 bridgehead atoms. The van der Waals surface area contributed by atoms with E-state index < -0.39 is 0 Å². The molecule has 1 N–H and O–H groups in total. The van der Waals surface area contributed by atoms with Crippen LogP contribution in [0.1, 0.15) is 60.9 Å². The van der Waals surface area contributed by atoms with E-state index in [1.165, 1.54) is 11.1 Å². The zero-order valence-electron chi connectivity index (χ0n) is 15.3. The Bertz CT molecular complexity index is 751. The zero-order chi connectivity index (χ0) is 17.8. The molecule has 3 nitrogen and oxygen atoms in total. The quantitative estimate of drug-likeness (QED) is 0.859. The van der Waals surface area contributed by atoms with E-state index in [1.54, 1.807) is 0 Å². The number of fused-ring (bicyclic) bond motifs is 1. The first-order valence-corrected chi connectivity index (χ1v) is 9.15. The molecule has 2 aromatic rings. The number of ether oxygens (including phenoxy) is 1. The van der Waals surface area contributed by atoms with Crippen molar-refractivity contribution in [1.29, 1.82) is 0 Å². The summed E-state index contributed by atoms with van der Waals surface area (Å²) < 4.78 is 5.86. The van der Waals surface area contributed by atoms with E-state index in [0.717, 1.165) is 36.1 Å².